The van der Waals surface area contributed by atoms with Gasteiger partial charge in [0.15, 0.2) is 0 Å². The maximum absolute atomic E-state index is 5.31. The molecule has 1 fully saturated rings. The second kappa shape index (κ2) is 8.32. The SMILES string of the molecule is COc1cccc(-c2ccc(CCCN3CCN(C)CC3)cc2)c1. The molecule has 3 nitrogen and oxygen atoms in total. The normalized spacial score (nSPS) is 16.2. The highest BCUT2D eigenvalue weighted by Crippen LogP contribution is 2.24. The Morgan fingerprint density at radius 3 is 2.38 bits per heavy atom. The molecule has 0 unspecified atom stereocenters. The predicted molar refractivity (Wildman–Crippen MR) is 101 cm³/mol. The van der Waals surface area contributed by atoms with Crippen molar-refractivity contribution in [2.24, 2.45) is 0 Å². The summed E-state index contributed by atoms with van der Waals surface area (Å²) in [6.07, 6.45) is 2.40. The Balaban J connectivity index is 1.51. The number of ether oxygens (including phenoxy) is 1. The van der Waals surface area contributed by atoms with Crippen molar-refractivity contribution < 1.29 is 4.74 Å². The van der Waals surface area contributed by atoms with Crippen LogP contribution >= 0.6 is 0 Å². The Labute approximate surface area is 145 Å². The van der Waals surface area contributed by atoms with E-state index in [4.69, 9.17) is 4.74 Å². The van der Waals surface area contributed by atoms with Crippen LogP contribution in [-0.2, 0) is 6.42 Å². The Morgan fingerprint density at radius 1 is 0.917 bits per heavy atom. The van der Waals surface area contributed by atoms with Gasteiger partial charge in [0, 0.05) is 26.2 Å². The Hall–Kier alpha value is -1.84. The highest BCUT2D eigenvalue weighted by atomic mass is 16.5. The van der Waals surface area contributed by atoms with Crippen LogP contribution in [0.15, 0.2) is 48.5 Å². The first-order valence-electron chi connectivity index (χ1n) is 8.89. The third-order valence-corrected chi connectivity index (χ3v) is 4.89. The van der Waals surface area contributed by atoms with E-state index in [0.717, 1.165) is 12.2 Å². The summed E-state index contributed by atoms with van der Waals surface area (Å²) in [7, 11) is 3.92. The summed E-state index contributed by atoms with van der Waals surface area (Å²) in [5.74, 6) is 0.906. The van der Waals surface area contributed by atoms with Crippen LogP contribution in [0.5, 0.6) is 5.75 Å². The van der Waals surface area contributed by atoms with E-state index in [1.807, 2.05) is 12.1 Å². The van der Waals surface area contributed by atoms with Crippen molar-refractivity contribution in [3.05, 3.63) is 54.1 Å². The van der Waals surface area contributed by atoms with E-state index in [0.29, 0.717) is 0 Å². The molecule has 1 aliphatic heterocycles. The lowest BCUT2D eigenvalue weighted by atomic mass is 10.0. The van der Waals surface area contributed by atoms with Gasteiger partial charge in [-0.3, -0.25) is 0 Å². The minimum atomic E-state index is 0.906. The monoisotopic (exact) mass is 324 g/mol. The number of likely N-dealkylation sites (N-methyl/N-ethyl adjacent to an activating group) is 1. The van der Waals surface area contributed by atoms with Crippen LogP contribution in [0.4, 0.5) is 0 Å². The maximum atomic E-state index is 5.31. The molecule has 0 spiro atoms. The fraction of sp³-hybridized carbons (Fsp3) is 0.429. The molecule has 0 amide bonds. The van der Waals surface area contributed by atoms with Gasteiger partial charge in [-0.25, -0.2) is 0 Å². The van der Waals surface area contributed by atoms with Gasteiger partial charge in [0.05, 0.1) is 7.11 Å². The lowest BCUT2D eigenvalue weighted by Gasteiger charge is -2.32. The lowest BCUT2D eigenvalue weighted by Crippen LogP contribution is -2.44. The molecule has 24 heavy (non-hydrogen) atoms. The minimum Gasteiger partial charge on any atom is -0.497 e. The van der Waals surface area contributed by atoms with E-state index in [-0.39, 0.29) is 0 Å². The topological polar surface area (TPSA) is 15.7 Å². The van der Waals surface area contributed by atoms with Crippen LogP contribution < -0.4 is 4.74 Å². The first kappa shape index (κ1) is 17.0. The van der Waals surface area contributed by atoms with Gasteiger partial charge in [-0.2, -0.15) is 0 Å². The maximum Gasteiger partial charge on any atom is 0.119 e. The molecular weight excluding hydrogens is 296 g/mol. The third-order valence-electron chi connectivity index (χ3n) is 4.89. The highest BCUT2D eigenvalue weighted by molar-refractivity contribution is 5.65. The first-order valence-corrected chi connectivity index (χ1v) is 8.89. The molecule has 1 aliphatic rings. The van der Waals surface area contributed by atoms with Crippen molar-refractivity contribution in [2.45, 2.75) is 12.8 Å². The van der Waals surface area contributed by atoms with Crippen LogP contribution in [0.3, 0.4) is 0 Å². The van der Waals surface area contributed by atoms with Gasteiger partial charge in [0.1, 0.15) is 5.75 Å². The Kier molecular flexibility index (Phi) is 5.89. The van der Waals surface area contributed by atoms with Crippen LogP contribution in [0.2, 0.25) is 0 Å². The first-order chi connectivity index (χ1) is 11.7. The zero-order chi connectivity index (χ0) is 16.8. The van der Waals surface area contributed by atoms with Gasteiger partial charge < -0.3 is 14.5 Å². The molecular formula is C21H28N2O. The molecule has 1 saturated heterocycles. The number of nitrogens with zero attached hydrogens (tertiary/aromatic N) is 2. The minimum absolute atomic E-state index is 0.906. The number of hydrogen-bond donors (Lipinski definition) is 0. The summed E-state index contributed by atoms with van der Waals surface area (Å²) in [4.78, 5) is 5.00. The van der Waals surface area contributed by atoms with Crippen LogP contribution in [-0.4, -0.2) is 56.7 Å². The number of piperazine rings is 1. The van der Waals surface area contributed by atoms with Crippen LogP contribution in [0, 0.1) is 0 Å². The predicted octanol–water partition coefficient (Wildman–Crippen LogP) is 3.54. The molecule has 0 aliphatic carbocycles. The van der Waals surface area contributed by atoms with Gasteiger partial charge in [0.2, 0.25) is 0 Å². The number of methoxy groups -OCH3 is 1. The molecule has 3 rings (SSSR count). The summed E-state index contributed by atoms with van der Waals surface area (Å²) in [6.45, 7) is 6.05. The summed E-state index contributed by atoms with van der Waals surface area (Å²) < 4.78 is 5.31. The van der Waals surface area contributed by atoms with Crippen molar-refractivity contribution in [2.75, 3.05) is 46.9 Å². The van der Waals surface area contributed by atoms with Crippen molar-refractivity contribution in [1.29, 1.82) is 0 Å². The fourth-order valence-electron chi connectivity index (χ4n) is 3.24. The average Bonchev–Trinajstić information content (AvgIpc) is 2.64. The lowest BCUT2D eigenvalue weighted by molar-refractivity contribution is 0.153. The number of aryl methyl sites for hydroxylation is 1. The number of hydrogen-bond acceptors (Lipinski definition) is 3. The van der Waals surface area contributed by atoms with Crippen LogP contribution in [0.25, 0.3) is 11.1 Å². The van der Waals surface area contributed by atoms with E-state index >= 15 is 0 Å². The molecule has 0 atom stereocenters. The summed E-state index contributed by atoms with van der Waals surface area (Å²) >= 11 is 0. The summed E-state index contributed by atoms with van der Waals surface area (Å²) in [5.41, 5.74) is 3.88. The van der Waals surface area contributed by atoms with Crippen molar-refractivity contribution in [1.82, 2.24) is 9.80 Å². The second-order valence-electron chi connectivity index (χ2n) is 6.68. The van der Waals surface area contributed by atoms with Crippen molar-refractivity contribution in [3.8, 4) is 16.9 Å². The van der Waals surface area contributed by atoms with Gasteiger partial charge in [-0.05, 0) is 55.3 Å². The molecule has 2 aromatic carbocycles. The van der Waals surface area contributed by atoms with E-state index in [2.05, 4.69) is 53.2 Å². The quantitative estimate of drug-likeness (QED) is 0.808. The zero-order valence-electron chi connectivity index (χ0n) is 14.9. The fourth-order valence-corrected chi connectivity index (χ4v) is 3.24. The van der Waals surface area contributed by atoms with E-state index in [1.165, 1.54) is 55.8 Å². The van der Waals surface area contributed by atoms with E-state index < -0.39 is 0 Å². The van der Waals surface area contributed by atoms with Crippen molar-refractivity contribution in [3.63, 3.8) is 0 Å². The summed E-state index contributed by atoms with van der Waals surface area (Å²) in [6, 6.07) is 17.2. The third kappa shape index (κ3) is 4.59. The van der Waals surface area contributed by atoms with Gasteiger partial charge in [-0.15, -0.1) is 0 Å². The van der Waals surface area contributed by atoms with Gasteiger partial charge in [0.25, 0.3) is 0 Å². The molecule has 2 aromatic rings. The Morgan fingerprint density at radius 2 is 1.67 bits per heavy atom. The Bertz CT molecular complexity index is 631. The standard InChI is InChI=1S/C21H28N2O/c1-22-13-15-23(16-14-22)12-4-5-18-8-10-19(11-9-18)20-6-3-7-21(17-20)24-2/h3,6-11,17H,4-5,12-16H2,1-2H3. The molecule has 0 aromatic heterocycles. The molecule has 0 N–H and O–H groups in total. The van der Waals surface area contributed by atoms with Gasteiger partial charge >= 0.3 is 0 Å². The van der Waals surface area contributed by atoms with Crippen molar-refractivity contribution >= 4 is 0 Å². The molecule has 3 heteroatoms. The van der Waals surface area contributed by atoms with E-state index in [1.54, 1.807) is 7.11 Å². The summed E-state index contributed by atoms with van der Waals surface area (Å²) in [5, 5.41) is 0. The average molecular weight is 324 g/mol. The molecule has 0 radical (unpaired) electrons. The van der Waals surface area contributed by atoms with Gasteiger partial charge in [-0.1, -0.05) is 36.4 Å². The molecule has 0 bridgehead atoms. The largest absolute Gasteiger partial charge is 0.497 e. The molecule has 0 saturated carbocycles. The number of benzene rings is 2. The second-order valence-corrected chi connectivity index (χ2v) is 6.68. The van der Waals surface area contributed by atoms with Crippen LogP contribution in [0.1, 0.15) is 12.0 Å². The molecule has 128 valence electrons. The molecule has 1 heterocycles. The van der Waals surface area contributed by atoms with E-state index in [9.17, 15) is 0 Å². The number of rotatable bonds is 6. The zero-order valence-corrected chi connectivity index (χ0v) is 14.9. The highest BCUT2D eigenvalue weighted by Gasteiger charge is 2.12. The smallest absolute Gasteiger partial charge is 0.119 e.